The first-order chi connectivity index (χ1) is 11.5. The van der Waals surface area contributed by atoms with Gasteiger partial charge in [0.1, 0.15) is 0 Å². The molecule has 0 spiro atoms. The van der Waals surface area contributed by atoms with Crippen LogP contribution in [0.1, 0.15) is 50.5 Å². The summed E-state index contributed by atoms with van der Waals surface area (Å²) in [7, 11) is -3.56. The molecule has 1 N–H and O–H groups in total. The van der Waals surface area contributed by atoms with Gasteiger partial charge in [-0.25, -0.2) is 13.1 Å². The summed E-state index contributed by atoms with van der Waals surface area (Å²) in [6.45, 7) is 3.73. The molecule has 2 aromatic rings. The molecule has 0 amide bonds. The van der Waals surface area contributed by atoms with Crippen LogP contribution in [0.4, 0.5) is 0 Å². The lowest BCUT2D eigenvalue weighted by Crippen LogP contribution is -2.36. The largest absolute Gasteiger partial charge is 0.339 e. The van der Waals surface area contributed by atoms with Crippen molar-refractivity contribution in [3.8, 4) is 11.4 Å². The van der Waals surface area contributed by atoms with Gasteiger partial charge in [0.25, 0.3) is 0 Å². The minimum absolute atomic E-state index is 0.0312. The molecule has 0 bridgehead atoms. The maximum Gasteiger partial charge on any atom is 0.241 e. The smallest absolute Gasteiger partial charge is 0.241 e. The molecule has 0 saturated heterocycles. The number of aryl methyl sites for hydroxylation is 2. The second kappa shape index (κ2) is 7.03. The maximum atomic E-state index is 12.8. The van der Waals surface area contributed by atoms with E-state index in [2.05, 4.69) is 14.9 Å². The summed E-state index contributed by atoms with van der Waals surface area (Å²) in [6, 6.07) is 5.26. The Bertz CT molecular complexity index is 808. The van der Waals surface area contributed by atoms with E-state index < -0.39 is 10.0 Å². The van der Waals surface area contributed by atoms with E-state index in [1.54, 1.807) is 19.1 Å². The van der Waals surface area contributed by atoms with Crippen LogP contribution in [0.25, 0.3) is 11.4 Å². The van der Waals surface area contributed by atoms with Crippen LogP contribution in [0.2, 0.25) is 0 Å². The average Bonchev–Trinajstić information content (AvgIpc) is 3.05. The highest BCUT2D eigenvalue weighted by molar-refractivity contribution is 7.89. The molecule has 0 atom stereocenters. The summed E-state index contributed by atoms with van der Waals surface area (Å²) < 4.78 is 33.6. The lowest BCUT2D eigenvalue weighted by atomic mass is 9.96. The molecule has 24 heavy (non-hydrogen) atoms. The van der Waals surface area contributed by atoms with E-state index in [0.717, 1.165) is 25.7 Å². The van der Waals surface area contributed by atoms with Crippen molar-refractivity contribution in [2.24, 2.45) is 0 Å². The van der Waals surface area contributed by atoms with Gasteiger partial charge >= 0.3 is 0 Å². The fourth-order valence-corrected chi connectivity index (χ4v) is 4.62. The Balaban J connectivity index is 1.90. The number of rotatable bonds is 5. The van der Waals surface area contributed by atoms with Crippen LogP contribution in [0.15, 0.2) is 27.6 Å². The first-order valence-corrected chi connectivity index (χ1v) is 9.94. The van der Waals surface area contributed by atoms with Gasteiger partial charge in [-0.1, -0.05) is 43.5 Å². The molecular weight excluding hydrogens is 326 g/mol. The molecule has 0 aliphatic heterocycles. The zero-order valence-corrected chi connectivity index (χ0v) is 14.9. The van der Waals surface area contributed by atoms with Crippen LogP contribution in [0.3, 0.4) is 0 Å². The third kappa shape index (κ3) is 3.67. The van der Waals surface area contributed by atoms with E-state index in [0.29, 0.717) is 29.3 Å². The van der Waals surface area contributed by atoms with Gasteiger partial charge in [-0.3, -0.25) is 0 Å². The Morgan fingerprint density at radius 3 is 2.67 bits per heavy atom. The Morgan fingerprint density at radius 2 is 2.00 bits per heavy atom. The Kier molecular flexibility index (Phi) is 5.01. The van der Waals surface area contributed by atoms with E-state index in [1.807, 2.05) is 13.0 Å². The number of sulfonamides is 1. The molecule has 1 aliphatic carbocycles. The van der Waals surface area contributed by atoms with Crippen molar-refractivity contribution in [1.29, 1.82) is 0 Å². The molecule has 1 aromatic carbocycles. The van der Waals surface area contributed by atoms with Crippen LogP contribution in [0.5, 0.6) is 0 Å². The van der Waals surface area contributed by atoms with Crippen LogP contribution in [-0.4, -0.2) is 24.6 Å². The van der Waals surface area contributed by atoms with Gasteiger partial charge in [0.05, 0.1) is 4.90 Å². The highest BCUT2D eigenvalue weighted by Crippen LogP contribution is 2.25. The lowest BCUT2D eigenvalue weighted by Gasteiger charge is -2.23. The monoisotopic (exact) mass is 349 g/mol. The van der Waals surface area contributed by atoms with E-state index in [9.17, 15) is 8.42 Å². The second-order valence-corrected chi connectivity index (χ2v) is 7.98. The van der Waals surface area contributed by atoms with E-state index >= 15 is 0 Å². The highest BCUT2D eigenvalue weighted by Gasteiger charge is 2.24. The van der Waals surface area contributed by atoms with E-state index in [-0.39, 0.29) is 10.9 Å². The fourth-order valence-electron chi connectivity index (χ4n) is 3.05. The summed E-state index contributed by atoms with van der Waals surface area (Å²) in [4.78, 5) is 4.56. The molecule has 0 radical (unpaired) electrons. The minimum Gasteiger partial charge on any atom is -0.339 e. The standard InChI is InChI=1S/C17H23N3O3S/c1-3-16-18-17(19-23-16)13-10-9-12(2)15(11-13)24(21,22)20-14-7-5-4-6-8-14/h9-11,14,20H,3-8H2,1-2H3. The number of benzene rings is 1. The average molecular weight is 349 g/mol. The Morgan fingerprint density at radius 1 is 1.25 bits per heavy atom. The predicted octanol–water partition coefficient (Wildman–Crippen LogP) is 3.22. The molecule has 3 rings (SSSR count). The van der Waals surface area contributed by atoms with E-state index in [1.165, 1.54) is 6.42 Å². The Hall–Kier alpha value is -1.73. The van der Waals surface area contributed by atoms with Crippen LogP contribution in [0, 0.1) is 6.92 Å². The lowest BCUT2D eigenvalue weighted by molar-refractivity contribution is 0.383. The van der Waals surface area contributed by atoms with Crippen molar-refractivity contribution in [2.45, 2.75) is 63.3 Å². The van der Waals surface area contributed by atoms with Gasteiger partial charge in [0, 0.05) is 18.0 Å². The number of nitrogens with zero attached hydrogens (tertiary/aromatic N) is 2. The first kappa shape index (κ1) is 17.1. The van der Waals surface area contributed by atoms with Crippen molar-refractivity contribution >= 4 is 10.0 Å². The molecule has 1 heterocycles. The fraction of sp³-hybridized carbons (Fsp3) is 0.529. The third-order valence-corrected chi connectivity index (χ3v) is 6.10. The number of nitrogens with one attached hydrogen (secondary N) is 1. The molecule has 1 aromatic heterocycles. The van der Waals surface area contributed by atoms with Crippen LogP contribution < -0.4 is 4.72 Å². The van der Waals surface area contributed by atoms with Gasteiger partial charge < -0.3 is 4.52 Å². The summed E-state index contributed by atoms with van der Waals surface area (Å²) in [5.41, 5.74) is 1.36. The van der Waals surface area contributed by atoms with Crippen molar-refractivity contribution < 1.29 is 12.9 Å². The molecule has 1 saturated carbocycles. The molecule has 1 aliphatic rings. The van der Waals surface area contributed by atoms with Gasteiger partial charge in [-0.15, -0.1) is 0 Å². The van der Waals surface area contributed by atoms with Crippen molar-refractivity contribution in [3.05, 3.63) is 29.7 Å². The quantitative estimate of drug-likeness (QED) is 0.896. The third-order valence-electron chi connectivity index (χ3n) is 4.43. The van der Waals surface area contributed by atoms with Gasteiger partial charge in [0.2, 0.25) is 21.7 Å². The molecule has 7 heteroatoms. The summed E-state index contributed by atoms with van der Waals surface area (Å²) >= 11 is 0. The number of aromatic nitrogens is 2. The number of hydrogen-bond acceptors (Lipinski definition) is 5. The maximum absolute atomic E-state index is 12.8. The van der Waals surface area contributed by atoms with Gasteiger partial charge in [-0.05, 0) is 31.4 Å². The van der Waals surface area contributed by atoms with Crippen molar-refractivity contribution in [2.75, 3.05) is 0 Å². The van der Waals surface area contributed by atoms with Crippen molar-refractivity contribution in [1.82, 2.24) is 14.9 Å². The zero-order valence-electron chi connectivity index (χ0n) is 14.1. The number of hydrogen-bond donors (Lipinski definition) is 1. The molecule has 6 nitrogen and oxygen atoms in total. The van der Waals surface area contributed by atoms with Crippen LogP contribution >= 0.6 is 0 Å². The summed E-state index contributed by atoms with van der Waals surface area (Å²) in [5, 5.41) is 3.92. The van der Waals surface area contributed by atoms with Crippen LogP contribution in [-0.2, 0) is 16.4 Å². The SMILES string of the molecule is CCc1nc(-c2ccc(C)c(S(=O)(=O)NC3CCCCC3)c2)no1. The molecule has 0 unspecified atom stereocenters. The topological polar surface area (TPSA) is 85.1 Å². The Labute approximate surface area is 142 Å². The molecule has 1 fully saturated rings. The summed E-state index contributed by atoms with van der Waals surface area (Å²) in [5.74, 6) is 0.955. The highest BCUT2D eigenvalue weighted by atomic mass is 32.2. The predicted molar refractivity (Wildman–Crippen MR) is 91.0 cm³/mol. The van der Waals surface area contributed by atoms with Gasteiger partial charge in [0.15, 0.2) is 0 Å². The minimum atomic E-state index is -3.56. The first-order valence-electron chi connectivity index (χ1n) is 8.45. The van der Waals surface area contributed by atoms with Crippen molar-refractivity contribution in [3.63, 3.8) is 0 Å². The molecular formula is C17H23N3O3S. The zero-order chi connectivity index (χ0) is 17.2. The van der Waals surface area contributed by atoms with E-state index in [4.69, 9.17) is 4.52 Å². The van der Waals surface area contributed by atoms with Gasteiger partial charge in [-0.2, -0.15) is 4.98 Å². The second-order valence-electron chi connectivity index (χ2n) is 6.30. The normalized spacial score (nSPS) is 16.4. The summed E-state index contributed by atoms with van der Waals surface area (Å²) in [6.07, 6.45) is 5.80. The molecule has 130 valence electrons.